The fourth-order valence-electron chi connectivity index (χ4n) is 6.31. The van der Waals surface area contributed by atoms with Crippen LogP contribution in [-0.4, -0.2) is 11.7 Å². The van der Waals surface area contributed by atoms with Crippen molar-refractivity contribution >= 4 is 57.2 Å². The van der Waals surface area contributed by atoms with Gasteiger partial charge in [0.05, 0.1) is 0 Å². The Labute approximate surface area is 228 Å². The quantitative estimate of drug-likeness (QED) is 0.250. The molecule has 5 aromatic carbocycles. The van der Waals surface area contributed by atoms with Gasteiger partial charge in [0.15, 0.2) is 0 Å². The number of rotatable bonds is 3. The highest BCUT2D eigenvalue weighted by atomic mass is 15.2. The number of hydrogen-bond donors (Lipinski definition) is 0. The van der Waals surface area contributed by atoms with Crippen LogP contribution in [0.3, 0.4) is 0 Å². The lowest BCUT2D eigenvalue weighted by Gasteiger charge is -2.44. The zero-order valence-corrected chi connectivity index (χ0v) is 21.3. The molecule has 0 bridgehead atoms. The molecule has 0 N–H and O–H groups in total. The second-order valence-electron chi connectivity index (χ2n) is 10.1. The van der Waals surface area contributed by atoms with Gasteiger partial charge in [0.2, 0.25) is 0 Å². The van der Waals surface area contributed by atoms with E-state index in [0.29, 0.717) is 0 Å². The van der Waals surface area contributed by atoms with Crippen LogP contribution in [0.15, 0.2) is 146 Å². The van der Waals surface area contributed by atoms with Crippen LogP contribution in [0.5, 0.6) is 0 Å². The van der Waals surface area contributed by atoms with E-state index in [-0.39, 0.29) is 6.71 Å². The van der Waals surface area contributed by atoms with Crippen LogP contribution < -0.4 is 26.2 Å². The molecule has 0 aliphatic carbocycles. The Morgan fingerprint density at radius 1 is 0.462 bits per heavy atom. The van der Waals surface area contributed by atoms with Crippen molar-refractivity contribution in [2.24, 2.45) is 0 Å². The highest BCUT2D eigenvalue weighted by molar-refractivity contribution is 7.00. The first-order valence-corrected chi connectivity index (χ1v) is 13.3. The van der Waals surface area contributed by atoms with E-state index >= 15 is 0 Å². The molecule has 2 aliphatic rings. The molecule has 0 saturated carbocycles. The summed E-state index contributed by atoms with van der Waals surface area (Å²) in [5.41, 5.74) is 13.4. The van der Waals surface area contributed by atoms with E-state index < -0.39 is 0 Å². The highest BCUT2D eigenvalue weighted by Gasteiger charge is 2.43. The molecule has 0 saturated heterocycles. The van der Waals surface area contributed by atoms with Crippen molar-refractivity contribution in [2.75, 3.05) is 9.80 Å². The number of pyridine rings is 1. The van der Waals surface area contributed by atoms with E-state index in [0.717, 1.165) is 22.5 Å². The van der Waals surface area contributed by atoms with Crippen LogP contribution in [0.4, 0.5) is 34.1 Å². The molecule has 0 radical (unpaired) electrons. The molecular weight excluding hydrogens is 473 g/mol. The van der Waals surface area contributed by atoms with Crippen LogP contribution in [0, 0.1) is 0 Å². The van der Waals surface area contributed by atoms with Gasteiger partial charge in [-0.1, -0.05) is 78.9 Å². The van der Waals surface area contributed by atoms with E-state index in [1.807, 2.05) is 18.5 Å². The van der Waals surface area contributed by atoms with E-state index in [1.165, 1.54) is 39.1 Å². The van der Waals surface area contributed by atoms with Gasteiger partial charge < -0.3 is 9.80 Å². The third kappa shape index (κ3) is 3.35. The van der Waals surface area contributed by atoms with Crippen molar-refractivity contribution in [1.29, 1.82) is 0 Å². The number of anilines is 6. The van der Waals surface area contributed by atoms with Crippen molar-refractivity contribution in [3.05, 3.63) is 146 Å². The van der Waals surface area contributed by atoms with Gasteiger partial charge in [-0.2, -0.15) is 0 Å². The normalized spacial score (nSPS) is 13.0. The van der Waals surface area contributed by atoms with E-state index in [9.17, 15) is 0 Å². The minimum Gasteiger partial charge on any atom is -0.311 e. The van der Waals surface area contributed by atoms with Crippen LogP contribution in [0.2, 0.25) is 0 Å². The fourth-order valence-corrected chi connectivity index (χ4v) is 6.31. The maximum absolute atomic E-state index is 4.46. The Morgan fingerprint density at radius 3 is 1.49 bits per heavy atom. The summed E-state index contributed by atoms with van der Waals surface area (Å²) in [5.74, 6) is 0. The van der Waals surface area contributed by atoms with Crippen LogP contribution in [0.25, 0.3) is 11.1 Å². The van der Waals surface area contributed by atoms with Gasteiger partial charge in [-0.05, 0) is 76.5 Å². The zero-order chi connectivity index (χ0) is 25.8. The lowest BCUT2D eigenvalue weighted by molar-refractivity contribution is 1.25. The third-order valence-electron chi connectivity index (χ3n) is 7.91. The maximum Gasteiger partial charge on any atom is 0.252 e. The van der Waals surface area contributed by atoms with Gasteiger partial charge >= 0.3 is 0 Å². The molecular formula is C35H24BN3. The predicted octanol–water partition coefficient (Wildman–Crippen LogP) is 6.83. The second-order valence-corrected chi connectivity index (χ2v) is 10.1. The van der Waals surface area contributed by atoms with Gasteiger partial charge in [0.25, 0.3) is 6.71 Å². The van der Waals surface area contributed by atoms with Gasteiger partial charge in [-0.25, -0.2) is 0 Å². The van der Waals surface area contributed by atoms with E-state index in [4.69, 9.17) is 0 Å². The molecule has 1 aromatic heterocycles. The number of para-hydroxylation sites is 4. The molecule has 3 nitrogen and oxygen atoms in total. The van der Waals surface area contributed by atoms with Gasteiger partial charge in [-0.15, -0.1) is 0 Å². The molecule has 0 amide bonds. The summed E-state index contributed by atoms with van der Waals surface area (Å²) in [4.78, 5) is 9.32. The molecule has 0 unspecified atom stereocenters. The molecule has 2 aliphatic heterocycles. The lowest BCUT2D eigenvalue weighted by atomic mass is 9.33. The average Bonchev–Trinajstić information content (AvgIpc) is 3.02. The molecule has 0 atom stereocenters. The second kappa shape index (κ2) is 8.75. The molecule has 0 fully saturated rings. The van der Waals surface area contributed by atoms with E-state index in [1.54, 1.807) is 0 Å². The number of aromatic nitrogens is 1. The summed E-state index contributed by atoms with van der Waals surface area (Å²) in [6, 6.07) is 48.0. The Kier molecular flexibility index (Phi) is 4.92. The molecule has 4 heteroatoms. The van der Waals surface area contributed by atoms with Crippen LogP contribution in [0.1, 0.15) is 0 Å². The SMILES string of the molecule is c1ccc(N2c3ccccc3B3c4ccccc4N(c4ccccc4)c4cc(-c5cccnc5)cc2c43)cc1. The van der Waals surface area contributed by atoms with Crippen LogP contribution in [-0.2, 0) is 0 Å². The maximum atomic E-state index is 4.46. The Hall–Kier alpha value is -5.09. The molecule has 0 spiro atoms. The van der Waals surface area contributed by atoms with E-state index in [2.05, 4.69) is 142 Å². The monoisotopic (exact) mass is 497 g/mol. The number of fused-ring (bicyclic) bond motifs is 4. The van der Waals surface area contributed by atoms with Gasteiger partial charge in [-0.3, -0.25) is 4.98 Å². The molecule has 39 heavy (non-hydrogen) atoms. The number of nitrogens with zero attached hydrogens (tertiary/aromatic N) is 3. The van der Waals surface area contributed by atoms with Crippen molar-refractivity contribution in [3.8, 4) is 11.1 Å². The Morgan fingerprint density at radius 2 is 0.974 bits per heavy atom. The average molecular weight is 497 g/mol. The fraction of sp³-hybridized carbons (Fsp3) is 0. The molecule has 6 aromatic rings. The number of hydrogen-bond acceptors (Lipinski definition) is 3. The first-order valence-electron chi connectivity index (χ1n) is 13.3. The van der Waals surface area contributed by atoms with Crippen molar-refractivity contribution in [1.82, 2.24) is 4.98 Å². The standard InChI is InChI=1S/C35H24BN3/c1-3-13-27(14-4-1)38-31-19-9-7-17-29(31)36-30-18-8-10-20-32(30)39(28-15-5-2-6-16-28)34-23-26(22-33(38)35(34)36)25-12-11-21-37-24-25/h1-24H. The molecule has 8 rings (SSSR count). The minimum absolute atomic E-state index is 0.130. The zero-order valence-electron chi connectivity index (χ0n) is 21.3. The topological polar surface area (TPSA) is 19.4 Å². The largest absolute Gasteiger partial charge is 0.311 e. The van der Waals surface area contributed by atoms with Crippen molar-refractivity contribution < 1.29 is 0 Å². The van der Waals surface area contributed by atoms with Gasteiger partial charge in [0, 0.05) is 52.1 Å². The summed E-state index contributed by atoms with van der Waals surface area (Å²) >= 11 is 0. The summed E-state index contributed by atoms with van der Waals surface area (Å²) < 4.78 is 0. The summed E-state index contributed by atoms with van der Waals surface area (Å²) in [5, 5.41) is 0. The summed E-state index contributed by atoms with van der Waals surface area (Å²) in [6.07, 6.45) is 3.79. The first-order chi connectivity index (χ1) is 19.4. The van der Waals surface area contributed by atoms with Crippen molar-refractivity contribution in [3.63, 3.8) is 0 Å². The lowest BCUT2D eigenvalue weighted by Crippen LogP contribution is -2.61. The molecule has 182 valence electrons. The summed E-state index contributed by atoms with van der Waals surface area (Å²) in [6.45, 7) is 0.130. The Bertz CT molecular complexity index is 1710. The van der Waals surface area contributed by atoms with Gasteiger partial charge in [0.1, 0.15) is 0 Å². The smallest absolute Gasteiger partial charge is 0.252 e. The minimum atomic E-state index is 0.130. The Balaban J connectivity index is 1.51. The highest BCUT2D eigenvalue weighted by Crippen LogP contribution is 2.45. The van der Waals surface area contributed by atoms with Crippen molar-refractivity contribution in [2.45, 2.75) is 0 Å². The number of benzene rings is 5. The predicted molar refractivity (Wildman–Crippen MR) is 164 cm³/mol. The third-order valence-corrected chi connectivity index (χ3v) is 7.91. The first kappa shape index (κ1) is 21.9. The molecule has 3 heterocycles. The van der Waals surface area contributed by atoms with Crippen LogP contribution >= 0.6 is 0 Å². The summed E-state index contributed by atoms with van der Waals surface area (Å²) in [7, 11) is 0.